The lowest BCUT2D eigenvalue weighted by atomic mass is 10.1. The molecule has 0 aliphatic heterocycles. The van der Waals surface area contributed by atoms with Crippen LogP contribution in [0.3, 0.4) is 0 Å². The van der Waals surface area contributed by atoms with E-state index in [-0.39, 0.29) is 41.4 Å². The molecule has 0 fully saturated rings. The maximum atomic E-state index is 11.6. The predicted octanol–water partition coefficient (Wildman–Crippen LogP) is 0.189. The minimum absolute atomic E-state index is 0.119. The molecule has 3 aromatic rings. The molecular formula is C16H17N5O9S2. The SMILES string of the molecule is CS(=O)(=O)c1nnc(-c2cc(NC(O)CCC(=O)O)cc(-c3nnc(S(C)(=O)=O)o3)c2)o1. The van der Waals surface area contributed by atoms with E-state index < -0.39 is 42.3 Å². The number of benzene rings is 1. The summed E-state index contributed by atoms with van der Waals surface area (Å²) >= 11 is 0. The van der Waals surface area contributed by atoms with Crippen molar-refractivity contribution in [3.63, 3.8) is 0 Å². The Morgan fingerprint density at radius 1 is 0.938 bits per heavy atom. The number of anilines is 1. The van der Waals surface area contributed by atoms with E-state index in [4.69, 9.17) is 13.9 Å². The molecule has 0 saturated heterocycles. The van der Waals surface area contributed by atoms with Crippen molar-refractivity contribution in [2.75, 3.05) is 17.8 Å². The van der Waals surface area contributed by atoms with E-state index >= 15 is 0 Å². The van der Waals surface area contributed by atoms with Gasteiger partial charge in [0.2, 0.25) is 31.5 Å². The molecule has 3 N–H and O–H groups in total. The molecule has 0 saturated carbocycles. The highest BCUT2D eigenvalue weighted by molar-refractivity contribution is 7.90. The first kappa shape index (κ1) is 23.3. The van der Waals surface area contributed by atoms with Gasteiger partial charge in [-0.2, -0.15) is 0 Å². The van der Waals surface area contributed by atoms with Gasteiger partial charge in [0.15, 0.2) is 0 Å². The normalized spacial score (nSPS) is 13.1. The van der Waals surface area contributed by atoms with Crippen molar-refractivity contribution in [3.05, 3.63) is 18.2 Å². The lowest BCUT2D eigenvalue weighted by Crippen LogP contribution is -2.19. The molecular weight excluding hydrogens is 470 g/mol. The fourth-order valence-corrected chi connectivity index (χ4v) is 3.27. The predicted molar refractivity (Wildman–Crippen MR) is 106 cm³/mol. The summed E-state index contributed by atoms with van der Waals surface area (Å²) in [5.41, 5.74) is 0.572. The quantitative estimate of drug-likeness (QED) is 0.343. The fourth-order valence-electron chi connectivity index (χ4n) is 2.44. The second-order valence-electron chi connectivity index (χ2n) is 6.68. The molecule has 1 unspecified atom stereocenters. The number of aliphatic hydroxyl groups is 1. The monoisotopic (exact) mass is 487 g/mol. The summed E-state index contributed by atoms with van der Waals surface area (Å²) in [7, 11) is -7.54. The zero-order valence-electron chi connectivity index (χ0n) is 16.6. The second-order valence-corrected chi connectivity index (χ2v) is 10.5. The number of nitrogens with one attached hydrogen (secondary N) is 1. The third-order valence-corrected chi connectivity index (χ3v) is 5.44. The number of aromatic nitrogens is 4. The van der Waals surface area contributed by atoms with Crippen LogP contribution in [-0.2, 0) is 24.5 Å². The average Bonchev–Trinajstić information content (AvgIpc) is 3.35. The van der Waals surface area contributed by atoms with Crippen LogP contribution in [0.2, 0.25) is 0 Å². The largest absolute Gasteiger partial charge is 0.481 e. The maximum absolute atomic E-state index is 11.6. The topological polar surface area (TPSA) is 216 Å². The van der Waals surface area contributed by atoms with Crippen LogP contribution in [0.25, 0.3) is 22.9 Å². The Hall–Kier alpha value is -3.37. The van der Waals surface area contributed by atoms with E-state index in [9.17, 15) is 26.7 Å². The van der Waals surface area contributed by atoms with Crippen LogP contribution in [0.15, 0.2) is 37.5 Å². The van der Waals surface area contributed by atoms with E-state index in [1.165, 1.54) is 18.2 Å². The van der Waals surface area contributed by atoms with Gasteiger partial charge in [-0.3, -0.25) is 4.79 Å². The highest BCUT2D eigenvalue weighted by Gasteiger charge is 2.21. The lowest BCUT2D eigenvalue weighted by molar-refractivity contribution is -0.137. The molecule has 16 heteroatoms. The van der Waals surface area contributed by atoms with Gasteiger partial charge in [-0.1, -0.05) is 10.2 Å². The molecule has 1 atom stereocenters. The lowest BCUT2D eigenvalue weighted by Gasteiger charge is -2.14. The van der Waals surface area contributed by atoms with Crippen molar-refractivity contribution in [2.45, 2.75) is 29.5 Å². The van der Waals surface area contributed by atoms with Crippen molar-refractivity contribution in [3.8, 4) is 22.9 Å². The molecule has 0 radical (unpaired) electrons. The first-order valence-electron chi connectivity index (χ1n) is 8.72. The van der Waals surface area contributed by atoms with Crippen LogP contribution >= 0.6 is 0 Å². The van der Waals surface area contributed by atoms with Gasteiger partial charge in [0.05, 0.1) is 0 Å². The molecule has 0 aliphatic carbocycles. The van der Waals surface area contributed by atoms with Crippen LogP contribution in [0.1, 0.15) is 12.8 Å². The third kappa shape index (κ3) is 5.65. The van der Waals surface area contributed by atoms with Crippen LogP contribution in [0.5, 0.6) is 0 Å². The molecule has 14 nitrogen and oxygen atoms in total. The third-order valence-electron chi connectivity index (χ3n) is 3.84. The minimum Gasteiger partial charge on any atom is -0.481 e. The highest BCUT2D eigenvalue weighted by Crippen LogP contribution is 2.31. The van der Waals surface area contributed by atoms with Crippen molar-refractivity contribution >= 4 is 31.3 Å². The number of rotatable bonds is 9. The Labute approximate surface area is 181 Å². The Bertz CT molecular complexity index is 1270. The molecule has 0 aliphatic rings. The summed E-state index contributed by atoms with van der Waals surface area (Å²) < 4.78 is 56.9. The summed E-state index contributed by atoms with van der Waals surface area (Å²) in [5.74, 6) is -1.49. The van der Waals surface area contributed by atoms with Crippen molar-refractivity contribution in [1.82, 2.24) is 20.4 Å². The highest BCUT2D eigenvalue weighted by atomic mass is 32.2. The fraction of sp³-hybridized carbons (Fsp3) is 0.312. The van der Waals surface area contributed by atoms with Crippen LogP contribution in [-0.4, -0.2) is 72.2 Å². The molecule has 2 heterocycles. The number of aliphatic carboxylic acids is 1. The Morgan fingerprint density at radius 3 is 1.78 bits per heavy atom. The van der Waals surface area contributed by atoms with Crippen LogP contribution in [0.4, 0.5) is 5.69 Å². The summed E-state index contributed by atoms with van der Waals surface area (Å²) in [6, 6.07) is 4.23. The van der Waals surface area contributed by atoms with E-state index in [0.717, 1.165) is 12.5 Å². The minimum atomic E-state index is -3.77. The summed E-state index contributed by atoms with van der Waals surface area (Å²) in [4.78, 5) is 10.7. The zero-order chi connectivity index (χ0) is 23.7. The van der Waals surface area contributed by atoms with E-state index in [2.05, 4.69) is 25.7 Å². The summed E-state index contributed by atoms with van der Waals surface area (Å²) in [5, 5.41) is 34.6. The van der Waals surface area contributed by atoms with Gasteiger partial charge < -0.3 is 24.4 Å². The van der Waals surface area contributed by atoms with Crippen molar-refractivity contribution in [2.24, 2.45) is 0 Å². The van der Waals surface area contributed by atoms with Gasteiger partial charge in [-0.15, -0.1) is 10.2 Å². The Kier molecular flexibility index (Phi) is 6.29. The van der Waals surface area contributed by atoms with Gasteiger partial charge >= 0.3 is 16.4 Å². The first-order valence-corrected chi connectivity index (χ1v) is 12.5. The molecule has 172 valence electrons. The van der Waals surface area contributed by atoms with Crippen LogP contribution in [0, 0.1) is 0 Å². The van der Waals surface area contributed by atoms with Gasteiger partial charge in [0.1, 0.15) is 6.23 Å². The number of nitrogens with zero attached hydrogens (tertiary/aromatic N) is 4. The van der Waals surface area contributed by atoms with E-state index in [1.54, 1.807) is 0 Å². The molecule has 2 aromatic heterocycles. The van der Waals surface area contributed by atoms with Crippen molar-refractivity contribution < 1.29 is 40.7 Å². The Balaban J connectivity index is 2.04. The van der Waals surface area contributed by atoms with Crippen molar-refractivity contribution in [1.29, 1.82) is 0 Å². The standard InChI is InChI=1S/C16H17N5O9S2/c1-31(25,26)15-20-18-13(29-15)8-5-9(14-19-21-16(30-14)32(2,27)28)7-10(6-8)17-11(22)3-4-12(23)24/h5-7,11,17,22H,3-4H2,1-2H3,(H,23,24). The first-order chi connectivity index (χ1) is 14.8. The van der Waals surface area contributed by atoms with E-state index in [0.29, 0.717) is 0 Å². The zero-order valence-corrected chi connectivity index (χ0v) is 18.2. The number of sulfone groups is 2. The number of hydrogen-bond acceptors (Lipinski definition) is 13. The molecule has 0 amide bonds. The van der Waals surface area contributed by atoms with Gasteiger partial charge in [-0.05, 0) is 18.2 Å². The van der Waals surface area contributed by atoms with Crippen LogP contribution < -0.4 is 5.32 Å². The van der Waals surface area contributed by atoms with Gasteiger partial charge in [0.25, 0.3) is 0 Å². The molecule has 0 bridgehead atoms. The molecule has 3 rings (SSSR count). The Morgan fingerprint density at radius 2 is 1.41 bits per heavy atom. The maximum Gasteiger partial charge on any atom is 0.335 e. The van der Waals surface area contributed by atoms with Gasteiger partial charge in [0, 0.05) is 42.2 Å². The number of carbonyl (C=O) groups is 1. The number of carboxylic acid groups (broad SMARTS) is 1. The molecule has 0 spiro atoms. The molecule has 1 aromatic carbocycles. The van der Waals surface area contributed by atoms with E-state index in [1.807, 2.05) is 0 Å². The number of carboxylic acids is 1. The summed E-state index contributed by atoms with van der Waals surface area (Å²) in [6.45, 7) is 0. The second kappa shape index (κ2) is 8.64. The smallest absolute Gasteiger partial charge is 0.335 e. The number of aliphatic hydroxyl groups excluding tert-OH is 1. The molecule has 32 heavy (non-hydrogen) atoms. The van der Waals surface area contributed by atoms with Gasteiger partial charge in [-0.25, -0.2) is 16.8 Å². The number of hydrogen-bond donors (Lipinski definition) is 3. The average molecular weight is 487 g/mol. The summed E-state index contributed by atoms with van der Waals surface area (Å²) in [6.07, 6.45) is 0.100.